The van der Waals surface area contributed by atoms with E-state index in [4.69, 9.17) is 4.99 Å². The largest absolute Gasteiger partial charge is 0.279 e. The normalized spacial score (nSPS) is 21.3. The Morgan fingerprint density at radius 2 is 2.00 bits per heavy atom. The maximum Gasteiger partial charge on any atom is 0.0954 e. The molecule has 1 nitrogen and oxygen atoms in total. The summed E-state index contributed by atoms with van der Waals surface area (Å²) in [6.07, 6.45) is 9.40. The van der Waals surface area contributed by atoms with E-state index in [0.29, 0.717) is 5.37 Å². The number of hydrogen-bond acceptors (Lipinski definition) is 2. The topological polar surface area (TPSA) is 12.4 Å². The van der Waals surface area contributed by atoms with Gasteiger partial charge in [-0.1, -0.05) is 46.0 Å². The molecule has 0 saturated carbocycles. The summed E-state index contributed by atoms with van der Waals surface area (Å²) >= 11 is 2.04. The van der Waals surface area contributed by atoms with Crippen LogP contribution in [0.5, 0.6) is 0 Å². The van der Waals surface area contributed by atoms with Gasteiger partial charge in [-0.05, 0) is 12.8 Å². The van der Waals surface area contributed by atoms with Gasteiger partial charge in [-0.25, -0.2) is 0 Å². The molecule has 0 saturated heterocycles. The molecule has 82 valence electrons. The van der Waals surface area contributed by atoms with E-state index in [1.165, 1.54) is 50.0 Å². The van der Waals surface area contributed by atoms with Gasteiger partial charge in [-0.3, -0.25) is 4.99 Å². The predicted octanol–water partition coefficient (Wildman–Crippen LogP) is 4.27. The minimum Gasteiger partial charge on any atom is -0.279 e. The monoisotopic (exact) mass is 213 g/mol. The highest BCUT2D eigenvalue weighted by molar-refractivity contribution is 8.00. The van der Waals surface area contributed by atoms with Crippen LogP contribution in [0.1, 0.15) is 58.8 Å². The Morgan fingerprint density at radius 1 is 1.21 bits per heavy atom. The lowest BCUT2D eigenvalue weighted by Gasteiger charge is -2.04. The number of rotatable bonds is 7. The van der Waals surface area contributed by atoms with Crippen LogP contribution < -0.4 is 0 Å². The van der Waals surface area contributed by atoms with Crippen molar-refractivity contribution in [2.24, 2.45) is 4.99 Å². The number of thioether (sulfide) groups is 1. The molecule has 0 bridgehead atoms. The lowest BCUT2D eigenvalue weighted by Crippen LogP contribution is -1.94. The zero-order valence-electron chi connectivity index (χ0n) is 9.59. The Balaban J connectivity index is 2.00. The van der Waals surface area contributed by atoms with Gasteiger partial charge in [0.1, 0.15) is 0 Å². The molecular weight excluding hydrogens is 190 g/mol. The Morgan fingerprint density at radius 3 is 2.64 bits per heavy atom. The summed E-state index contributed by atoms with van der Waals surface area (Å²) in [5, 5.41) is 0.603. The Kier molecular flexibility index (Phi) is 6.33. The van der Waals surface area contributed by atoms with E-state index in [9.17, 15) is 0 Å². The maximum atomic E-state index is 4.70. The molecule has 1 unspecified atom stereocenters. The second-order valence-electron chi connectivity index (χ2n) is 4.02. The third-order valence-electron chi connectivity index (χ3n) is 2.73. The quantitative estimate of drug-likeness (QED) is 0.575. The number of nitrogens with zero attached hydrogens (tertiary/aromatic N) is 1. The van der Waals surface area contributed by atoms with Gasteiger partial charge in [0.15, 0.2) is 0 Å². The fraction of sp³-hybridized carbons (Fsp3) is 0.917. The van der Waals surface area contributed by atoms with Gasteiger partial charge < -0.3 is 0 Å². The predicted molar refractivity (Wildman–Crippen MR) is 67.3 cm³/mol. The van der Waals surface area contributed by atoms with Crippen LogP contribution in [0.25, 0.3) is 0 Å². The van der Waals surface area contributed by atoms with Crippen LogP contribution in [0.15, 0.2) is 4.99 Å². The first kappa shape index (κ1) is 12.1. The summed E-state index contributed by atoms with van der Waals surface area (Å²) in [5.74, 6) is 1.19. The first-order valence-corrected chi connectivity index (χ1v) is 7.08. The number of hydrogen-bond donors (Lipinski definition) is 0. The number of unbranched alkanes of at least 4 members (excludes halogenated alkanes) is 4. The van der Waals surface area contributed by atoms with Crippen LogP contribution >= 0.6 is 11.8 Å². The van der Waals surface area contributed by atoms with Crippen LogP contribution in [-0.4, -0.2) is 16.8 Å². The molecule has 0 spiro atoms. The van der Waals surface area contributed by atoms with Gasteiger partial charge >= 0.3 is 0 Å². The molecule has 0 aromatic carbocycles. The fourth-order valence-electron chi connectivity index (χ4n) is 1.73. The van der Waals surface area contributed by atoms with E-state index in [-0.39, 0.29) is 0 Å². The smallest absolute Gasteiger partial charge is 0.0954 e. The van der Waals surface area contributed by atoms with Crippen LogP contribution in [0.3, 0.4) is 0 Å². The van der Waals surface area contributed by atoms with Gasteiger partial charge in [0.05, 0.1) is 5.37 Å². The van der Waals surface area contributed by atoms with Gasteiger partial charge in [0.25, 0.3) is 0 Å². The summed E-state index contributed by atoms with van der Waals surface area (Å²) in [6, 6.07) is 0. The zero-order chi connectivity index (χ0) is 10.2. The van der Waals surface area contributed by atoms with Crippen LogP contribution in [0.4, 0.5) is 0 Å². The third kappa shape index (κ3) is 4.50. The molecular formula is C12H23NS. The summed E-state index contributed by atoms with van der Waals surface area (Å²) in [4.78, 5) is 4.70. The van der Waals surface area contributed by atoms with Crippen LogP contribution in [0, 0.1) is 0 Å². The second kappa shape index (κ2) is 7.33. The standard InChI is InChI=1S/C12H23NS/c1-3-5-6-7-8-9-12-13-11(4-2)10-14-12/h12H,3-10H2,1-2H3. The third-order valence-corrected chi connectivity index (χ3v) is 3.96. The summed E-state index contributed by atoms with van der Waals surface area (Å²) in [7, 11) is 0. The molecule has 1 atom stereocenters. The molecule has 14 heavy (non-hydrogen) atoms. The molecule has 0 aliphatic carbocycles. The fourth-order valence-corrected chi connectivity index (χ4v) is 2.95. The van der Waals surface area contributed by atoms with Crippen molar-refractivity contribution >= 4 is 17.5 Å². The van der Waals surface area contributed by atoms with E-state index >= 15 is 0 Å². The van der Waals surface area contributed by atoms with E-state index in [1.54, 1.807) is 0 Å². The summed E-state index contributed by atoms with van der Waals surface area (Å²) < 4.78 is 0. The van der Waals surface area contributed by atoms with Crippen molar-refractivity contribution in [3.8, 4) is 0 Å². The van der Waals surface area contributed by atoms with Crippen LogP contribution in [-0.2, 0) is 0 Å². The molecule has 0 fully saturated rings. The van der Waals surface area contributed by atoms with Gasteiger partial charge in [0.2, 0.25) is 0 Å². The van der Waals surface area contributed by atoms with E-state index < -0.39 is 0 Å². The minimum absolute atomic E-state index is 0.603. The van der Waals surface area contributed by atoms with Crippen molar-refractivity contribution in [3.63, 3.8) is 0 Å². The molecule has 0 aromatic rings. The number of aliphatic imine (C=N–C) groups is 1. The molecule has 0 N–H and O–H groups in total. The average Bonchev–Trinajstić information content (AvgIpc) is 2.65. The Hall–Kier alpha value is 0.0200. The Labute approximate surface area is 92.8 Å². The highest BCUT2D eigenvalue weighted by Crippen LogP contribution is 2.26. The molecule has 0 aromatic heterocycles. The molecule has 1 rings (SSSR count). The summed E-state index contributed by atoms with van der Waals surface area (Å²) in [5.41, 5.74) is 1.42. The first-order chi connectivity index (χ1) is 6.86. The maximum absolute atomic E-state index is 4.70. The van der Waals surface area contributed by atoms with Crippen molar-refractivity contribution in [1.29, 1.82) is 0 Å². The van der Waals surface area contributed by atoms with Crippen molar-refractivity contribution in [1.82, 2.24) is 0 Å². The van der Waals surface area contributed by atoms with Gasteiger partial charge in [-0.2, -0.15) is 0 Å². The zero-order valence-corrected chi connectivity index (χ0v) is 10.4. The van der Waals surface area contributed by atoms with Crippen molar-refractivity contribution in [2.45, 2.75) is 64.2 Å². The lowest BCUT2D eigenvalue weighted by molar-refractivity contribution is 0.603. The van der Waals surface area contributed by atoms with E-state index in [1.807, 2.05) is 11.8 Å². The van der Waals surface area contributed by atoms with E-state index in [0.717, 1.165) is 6.42 Å². The molecule has 1 aliphatic heterocycles. The molecule has 1 aliphatic rings. The molecule has 0 radical (unpaired) electrons. The minimum atomic E-state index is 0.603. The molecule has 2 heteroatoms. The Bertz CT molecular complexity index is 177. The van der Waals surface area contributed by atoms with Crippen molar-refractivity contribution < 1.29 is 0 Å². The first-order valence-electron chi connectivity index (χ1n) is 6.04. The lowest BCUT2D eigenvalue weighted by atomic mass is 10.1. The molecule has 1 heterocycles. The SMILES string of the molecule is CCCCCCCC1N=C(CC)CS1. The second-order valence-corrected chi connectivity index (χ2v) is 5.18. The van der Waals surface area contributed by atoms with E-state index in [2.05, 4.69) is 13.8 Å². The van der Waals surface area contributed by atoms with Crippen molar-refractivity contribution in [2.75, 3.05) is 5.75 Å². The summed E-state index contributed by atoms with van der Waals surface area (Å²) in [6.45, 7) is 4.48. The highest BCUT2D eigenvalue weighted by Gasteiger charge is 2.15. The highest BCUT2D eigenvalue weighted by atomic mass is 32.2. The average molecular weight is 213 g/mol. The van der Waals surface area contributed by atoms with Gasteiger partial charge in [0, 0.05) is 11.5 Å². The molecule has 0 amide bonds. The van der Waals surface area contributed by atoms with Crippen LogP contribution in [0.2, 0.25) is 0 Å². The van der Waals surface area contributed by atoms with Crippen molar-refractivity contribution in [3.05, 3.63) is 0 Å². The van der Waals surface area contributed by atoms with Gasteiger partial charge in [-0.15, -0.1) is 11.8 Å².